The number of pyridine rings is 1. The lowest BCUT2D eigenvalue weighted by molar-refractivity contribution is -0.174. The lowest BCUT2D eigenvalue weighted by atomic mass is 9.84. The molecule has 2 aliphatic rings. The minimum absolute atomic E-state index is 0.0146. The number of aromatic nitrogens is 2. The highest BCUT2D eigenvalue weighted by atomic mass is 16.5. The van der Waals surface area contributed by atoms with Crippen molar-refractivity contribution in [3.63, 3.8) is 0 Å². The summed E-state index contributed by atoms with van der Waals surface area (Å²) < 4.78 is 17.4. The molecule has 144 valence electrons. The molecule has 0 saturated carbocycles. The number of hydrogen-bond donors (Lipinski definition) is 0. The van der Waals surface area contributed by atoms with Crippen molar-refractivity contribution < 1.29 is 18.8 Å². The maximum absolute atomic E-state index is 12.9. The molecule has 0 aliphatic carbocycles. The normalized spacial score (nSPS) is 21.1. The summed E-state index contributed by atoms with van der Waals surface area (Å²) in [6, 6.07) is 5.65. The summed E-state index contributed by atoms with van der Waals surface area (Å²) in [5, 5.41) is 3.98. The molecule has 7 heteroatoms. The molecule has 1 atom stereocenters. The van der Waals surface area contributed by atoms with E-state index in [1.165, 1.54) is 0 Å². The molecule has 2 aromatic heterocycles. The number of hydrogen-bond acceptors (Lipinski definition) is 6. The van der Waals surface area contributed by atoms with E-state index in [1.807, 2.05) is 30.0 Å². The molecule has 1 amide bonds. The SMILES string of the molecule is CCCc1onc(C)c1C(=O)N1CC2(CC(Oc3ccccn3)CCO2)C1. The van der Waals surface area contributed by atoms with Gasteiger partial charge in [0.25, 0.3) is 5.91 Å². The van der Waals surface area contributed by atoms with Gasteiger partial charge in [0.05, 0.1) is 25.4 Å². The molecule has 0 radical (unpaired) electrons. The van der Waals surface area contributed by atoms with Gasteiger partial charge in [0.2, 0.25) is 5.88 Å². The van der Waals surface area contributed by atoms with E-state index in [4.69, 9.17) is 14.0 Å². The number of ether oxygens (including phenoxy) is 2. The minimum atomic E-state index is -0.316. The molecular formula is C20H25N3O4. The summed E-state index contributed by atoms with van der Waals surface area (Å²) in [7, 11) is 0. The third-order valence-electron chi connectivity index (χ3n) is 5.24. The zero-order valence-corrected chi connectivity index (χ0v) is 15.8. The summed E-state index contributed by atoms with van der Waals surface area (Å²) in [4.78, 5) is 19.0. The molecule has 7 nitrogen and oxygen atoms in total. The van der Waals surface area contributed by atoms with Crippen molar-refractivity contribution in [1.82, 2.24) is 15.0 Å². The van der Waals surface area contributed by atoms with Gasteiger partial charge in [-0.2, -0.15) is 0 Å². The standard InChI is InChI=1S/C20H25N3O4/c1-3-6-16-18(14(2)22-27-16)19(24)23-12-20(13-23)11-15(8-10-25-20)26-17-7-4-5-9-21-17/h4-5,7,9,15H,3,6,8,10-13H2,1-2H3. The van der Waals surface area contributed by atoms with Crippen LogP contribution in [0.15, 0.2) is 28.9 Å². The first-order chi connectivity index (χ1) is 13.1. The highest BCUT2D eigenvalue weighted by Crippen LogP contribution is 2.36. The molecule has 0 bridgehead atoms. The van der Waals surface area contributed by atoms with E-state index < -0.39 is 0 Å². The molecule has 1 spiro atoms. The van der Waals surface area contributed by atoms with Gasteiger partial charge in [-0.3, -0.25) is 4.79 Å². The smallest absolute Gasteiger partial charge is 0.259 e. The predicted molar refractivity (Wildman–Crippen MR) is 97.7 cm³/mol. The summed E-state index contributed by atoms with van der Waals surface area (Å²) >= 11 is 0. The zero-order chi connectivity index (χ0) is 18.9. The van der Waals surface area contributed by atoms with Crippen LogP contribution in [0.5, 0.6) is 5.88 Å². The molecule has 4 rings (SSSR count). The Morgan fingerprint density at radius 1 is 1.41 bits per heavy atom. The Hall–Kier alpha value is -2.41. The van der Waals surface area contributed by atoms with Gasteiger partial charge in [-0.25, -0.2) is 4.98 Å². The van der Waals surface area contributed by atoms with Crippen LogP contribution in [-0.2, 0) is 11.2 Å². The molecule has 0 aromatic carbocycles. The second kappa shape index (κ2) is 7.31. The Bertz CT molecular complexity index is 799. The van der Waals surface area contributed by atoms with Crippen molar-refractivity contribution in [2.45, 2.75) is 51.2 Å². The number of carbonyl (C=O) groups excluding carboxylic acids is 1. The van der Waals surface area contributed by atoms with Crippen LogP contribution in [0.25, 0.3) is 0 Å². The number of amides is 1. The van der Waals surface area contributed by atoms with Gasteiger partial charge in [-0.1, -0.05) is 18.1 Å². The topological polar surface area (TPSA) is 77.7 Å². The summed E-state index contributed by atoms with van der Waals surface area (Å²) in [6.07, 6.45) is 5.00. The van der Waals surface area contributed by atoms with Crippen molar-refractivity contribution in [3.8, 4) is 5.88 Å². The maximum Gasteiger partial charge on any atom is 0.259 e. The third kappa shape index (κ3) is 3.56. The van der Waals surface area contributed by atoms with E-state index in [2.05, 4.69) is 17.1 Å². The third-order valence-corrected chi connectivity index (χ3v) is 5.24. The number of rotatable bonds is 5. The van der Waals surface area contributed by atoms with Crippen LogP contribution in [0.3, 0.4) is 0 Å². The minimum Gasteiger partial charge on any atom is -0.474 e. The van der Waals surface area contributed by atoms with Crippen LogP contribution in [0.4, 0.5) is 0 Å². The molecule has 2 saturated heterocycles. The fraction of sp³-hybridized carbons (Fsp3) is 0.550. The van der Waals surface area contributed by atoms with E-state index in [-0.39, 0.29) is 17.6 Å². The Morgan fingerprint density at radius 3 is 3.00 bits per heavy atom. The number of nitrogens with zero attached hydrogens (tertiary/aromatic N) is 3. The van der Waals surface area contributed by atoms with Gasteiger partial charge in [-0.05, 0) is 19.4 Å². The molecule has 2 aliphatic heterocycles. The van der Waals surface area contributed by atoms with Gasteiger partial charge < -0.3 is 18.9 Å². The lowest BCUT2D eigenvalue weighted by Gasteiger charge is -2.52. The van der Waals surface area contributed by atoms with Gasteiger partial charge in [0, 0.05) is 31.5 Å². The number of aryl methyl sites for hydroxylation is 2. The van der Waals surface area contributed by atoms with Gasteiger partial charge >= 0.3 is 0 Å². The molecule has 2 aromatic rings. The average molecular weight is 371 g/mol. The van der Waals surface area contributed by atoms with Gasteiger partial charge in [0.15, 0.2) is 0 Å². The van der Waals surface area contributed by atoms with Gasteiger partial charge in [-0.15, -0.1) is 0 Å². The lowest BCUT2D eigenvalue weighted by Crippen LogP contribution is -2.67. The molecule has 0 N–H and O–H groups in total. The van der Waals surface area contributed by atoms with Gasteiger partial charge in [0.1, 0.15) is 23.0 Å². The van der Waals surface area contributed by atoms with Crippen LogP contribution in [0.1, 0.15) is 48.0 Å². The Labute approximate surface area is 158 Å². The van der Waals surface area contributed by atoms with Crippen LogP contribution in [0, 0.1) is 6.92 Å². The summed E-state index contributed by atoms with van der Waals surface area (Å²) in [5.41, 5.74) is 0.956. The van der Waals surface area contributed by atoms with Crippen molar-refractivity contribution in [3.05, 3.63) is 41.4 Å². The Morgan fingerprint density at radius 2 is 2.26 bits per heavy atom. The quantitative estimate of drug-likeness (QED) is 0.804. The van der Waals surface area contributed by atoms with E-state index in [0.717, 1.165) is 25.7 Å². The largest absolute Gasteiger partial charge is 0.474 e. The summed E-state index contributed by atoms with van der Waals surface area (Å²) in [6.45, 7) is 5.66. The molecule has 2 fully saturated rings. The molecule has 4 heterocycles. The van der Waals surface area contributed by atoms with E-state index in [9.17, 15) is 4.79 Å². The van der Waals surface area contributed by atoms with Crippen LogP contribution < -0.4 is 4.74 Å². The first-order valence-corrected chi connectivity index (χ1v) is 9.56. The van der Waals surface area contributed by atoms with E-state index in [0.29, 0.717) is 42.6 Å². The maximum atomic E-state index is 12.9. The average Bonchev–Trinajstić information content (AvgIpc) is 3.01. The van der Waals surface area contributed by atoms with Crippen LogP contribution in [-0.4, -0.2) is 52.3 Å². The second-order valence-electron chi connectivity index (χ2n) is 7.41. The molecular weight excluding hydrogens is 346 g/mol. The van der Waals surface area contributed by atoms with Crippen molar-refractivity contribution in [2.24, 2.45) is 0 Å². The number of carbonyl (C=O) groups is 1. The first-order valence-electron chi connectivity index (χ1n) is 9.56. The van der Waals surface area contributed by atoms with Crippen molar-refractivity contribution in [2.75, 3.05) is 19.7 Å². The van der Waals surface area contributed by atoms with Crippen molar-refractivity contribution in [1.29, 1.82) is 0 Å². The van der Waals surface area contributed by atoms with Crippen molar-refractivity contribution >= 4 is 5.91 Å². The highest BCUT2D eigenvalue weighted by Gasteiger charge is 2.50. The fourth-order valence-corrected chi connectivity index (χ4v) is 3.93. The predicted octanol–water partition coefficient (Wildman–Crippen LogP) is 2.78. The summed E-state index contributed by atoms with van der Waals surface area (Å²) in [5.74, 6) is 1.30. The highest BCUT2D eigenvalue weighted by molar-refractivity contribution is 5.96. The second-order valence-corrected chi connectivity index (χ2v) is 7.41. The van der Waals surface area contributed by atoms with E-state index in [1.54, 1.807) is 6.20 Å². The first kappa shape index (κ1) is 18.0. The number of likely N-dealkylation sites (tertiary alicyclic amines) is 1. The van der Waals surface area contributed by atoms with Crippen LogP contribution in [0.2, 0.25) is 0 Å². The monoisotopic (exact) mass is 371 g/mol. The zero-order valence-electron chi connectivity index (χ0n) is 15.8. The molecule has 27 heavy (non-hydrogen) atoms. The van der Waals surface area contributed by atoms with Crippen LogP contribution >= 0.6 is 0 Å². The fourth-order valence-electron chi connectivity index (χ4n) is 3.93. The Kier molecular flexibility index (Phi) is 4.86. The van der Waals surface area contributed by atoms with E-state index >= 15 is 0 Å². The molecule has 1 unspecified atom stereocenters. The Balaban J connectivity index is 1.39.